The molecule has 7 nitrogen and oxygen atoms in total. The Kier molecular flexibility index (Phi) is 6.76. The van der Waals surface area contributed by atoms with Crippen LogP contribution in [0.15, 0.2) is 42.5 Å². The molecule has 0 saturated carbocycles. The zero-order chi connectivity index (χ0) is 20.0. The minimum atomic E-state index is -1.12. The van der Waals surface area contributed by atoms with E-state index < -0.39 is 24.0 Å². The highest BCUT2D eigenvalue weighted by Crippen LogP contribution is 2.26. The van der Waals surface area contributed by atoms with Crippen LogP contribution in [0.5, 0.6) is 5.75 Å². The largest absolute Gasteiger partial charge is 0.480 e. The van der Waals surface area contributed by atoms with Crippen molar-refractivity contribution in [1.29, 1.82) is 0 Å². The van der Waals surface area contributed by atoms with E-state index in [0.29, 0.717) is 5.75 Å². The van der Waals surface area contributed by atoms with Gasteiger partial charge in [0.05, 0.1) is 0 Å². The van der Waals surface area contributed by atoms with Crippen molar-refractivity contribution in [1.82, 2.24) is 10.2 Å². The quantitative estimate of drug-likeness (QED) is 0.739. The van der Waals surface area contributed by atoms with E-state index in [9.17, 15) is 19.5 Å². The Hall–Kier alpha value is -3.09. The number of carboxylic acid groups (broad SMARTS) is 1. The molecule has 0 heterocycles. The van der Waals surface area contributed by atoms with Gasteiger partial charge in [0.25, 0.3) is 5.91 Å². The molecule has 2 unspecified atom stereocenters. The third kappa shape index (κ3) is 5.20. The van der Waals surface area contributed by atoms with E-state index in [1.165, 1.54) is 18.7 Å². The Morgan fingerprint density at radius 2 is 1.78 bits per heavy atom. The summed E-state index contributed by atoms with van der Waals surface area (Å²) in [6.07, 6.45) is -0.880. The lowest BCUT2D eigenvalue weighted by atomic mass is 10.1. The molecule has 0 aliphatic rings. The number of carbonyl (C=O) groups is 3. The number of hydrogen-bond acceptors (Lipinski definition) is 4. The van der Waals surface area contributed by atoms with E-state index in [4.69, 9.17) is 4.74 Å². The summed E-state index contributed by atoms with van der Waals surface area (Å²) >= 11 is 0. The summed E-state index contributed by atoms with van der Waals surface area (Å²) in [5.41, 5.74) is 0. The average molecular weight is 372 g/mol. The Morgan fingerprint density at radius 3 is 2.44 bits per heavy atom. The van der Waals surface area contributed by atoms with Gasteiger partial charge in [-0.05, 0) is 25.3 Å². The smallest absolute Gasteiger partial charge is 0.326 e. The molecule has 2 amide bonds. The lowest BCUT2D eigenvalue weighted by Crippen LogP contribution is -2.51. The third-order valence-electron chi connectivity index (χ3n) is 4.24. The van der Waals surface area contributed by atoms with Gasteiger partial charge in [0, 0.05) is 25.4 Å². The molecule has 0 fully saturated rings. The van der Waals surface area contributed by atoms with Crippen LogP contribution in [0.3, 0.4) is 0 Å². The number of nitrogens with one attached hydrogen (secondary N) is 1. The standard InChI is InChI=1S/C20H24N2O5/c1-13(20(25)26)22(12-11-21-15(3)23)19(24)14(2)27-18-10-6-8-16-7-4-5-9-17(16)18/h4-10,13-14H,11-12H2,1-3H3,(H,21,23)(H,25,26). The summed E-state index contributed by atoms with van der Waals surface area (Å²) in [5.74, 6) is -1.27. The molecular weight excluding hydrogens is 348 g/mol. The van der Waals surface area contributed by atoms with Crippen molar-refractivity contribution in [2.24, 2.45) is 0 Å². The first kappa shape index (κ1) is 20.2. The normalized spacial score (nSPS) is 12.9. The number of fused-ring (bicyclic) bond motifs is 1. The minimum Gasteiger partial charge on any atom is -0.480 e. The molecule has 0 aliphatic heterocycles. The van der Waals surface area contributed by atoms with Crippen molar-refractivity contribution in [3.05, 3.63) is 42.5 Å². The molecule has 0 saturated heterocycles. The molecule has 144 valence electrons. The Balaban J connectivity index is 2.17. The van der Waals surface area contributed by atoms with Crippen LogP contribution in [0, 0.1) is 0 Å². The van der Waals surface area contributed by atoms with E-state index in [2.05, 4.69) is 5.32 Å². The van der Waals surface area contributed by atoms with Crippen LogP contribution in [0.2, 0.25) is 0 Å². The van der Waals surface area contributed by atoms with Gasteiger partial charge < -0.3 is 20.1 Å². The van der Waals surface area contributed by atoms with E-state index >= 15 is 0 Å². The van der Waals surface area contributed by atoms with Gasteiger partial charge in [-0.1, -0.05) is 36.4 Å². The van der Waals surface area contributed by atoms with E-state index in [1.54, 1.807) is 13.0 Å². The SMILES string of the molecule is CC(=O)NCCN(C(=O)C(C)Oc1cccc2ccccc12)C(C)C(=O)O. The maximum Gasteiger partial charge on any atom is 0.326 e. The first-order valence-electron chi connectivity index (χ1n) is 8.73. The first-order chi connectivity index (χ1) is 12.8. The lowest BCUT2D eigenvalue weighted by molar-refractivity contribution is -0.152. The number of hydrogen-bond donors (Lipinski definition) is 2. The molecule has 2 N–H and O–H groups in total. The van der Waals surface area contributed by atoms with Crippen molar-refractivity contribution in [2.45, 2.75) is 32.9 Å². The third-order valence-corrected chi connectivity index (χ3v) is 4.24. The predicted octanol–water partition coefficient (Wildman–Crippen LogP) is 2.04. The number of amides is 2. The number of carboxylic acids is 1. The monoisotopic (exact) mass is 372 g/mol. The van der Waals surface area contributed by atoms with Gasteiger partial charge in [0.2, 0.25) is 5.91 Å². The molecule has 0 radical (unpaired) electrons. The topological polar surface area (TPSA) is 95.9 Å². The van der Waals surface area contributed by atoms with E-state index in [1.807, 2.05) is 36.4 Å². The van der Waals surface area contributed by atoms with Crippen molar-refractivity contribution >= 4 is 28.6 Å². The molecule has 2 rings (SSSR count). The maximum atomic E-state index is 12.8. The Bertz CT molecular complexity index is 831. The van der Waals surface area contributed by atoms with Crippen molar-refractivity contribution < 1.29 is 24.2 Å². The van der Waals surface area contributed by atoms with Gasteiger partial charge in [0.1, 0.15) is 11.8 Å². The second kappa shape index (κ2) is 9.02. The summed E-state index contributed by atoms with van der Waals surface area (Å²) in [6.45, 7) is 4.62. The first-order valence-corrected chi connectivity index (χ1v) is 8.73. The van der Waals surface area contributed by atoms with Crippen LogP contribution in [0.1, 0.15) is 20.8 Å². The Labute approximate surface area is 157 Å². The van der Waals surface area contributed by atoms with Crippen LogP contribution in [-0.4, -0.2) is 53.0 Å². The second-order valence-electron chi connectivity index (χ2n) is 6.27. The van der Waals surface area contributed by atoms with Gasteiger partial charge in [-0.25, -0.2) is 4.79 Å². The van der Waals surface area contributed by atoms with Gasteiger partial charge in [-0.15, -0.1) is 0 Å². The molecule has 2 aromatic rings. The summed E-state index contributed by atoms with van der Waals surface area (Å²) in [6, 6.07) is 12.2. The molecular formula is C20H24N2O5. The van der Waals surface area contributed by atoms with Gasteiger partial charge in [0.15, 0.2) is 6.10 Å². The van der Waals surface area contributed by atoms with Crippen LogP contribution < -0.4 is 10.1 Å². The highest BCUT2D eigenvalue weighted by Gasteiger charge is 2.30. The molecule has 0 spiro atoms. The van der Waals surface area contributed by atoms with E-state index in [-0.39, 0.29) is 19.0 Å². The highest BCUT2D eigenvalue weighted by atomic mass is 16.5. The molecule has 27 heavy (non-hydrogen) atoms. The van der Waals surface area contributed by atoms with Gasteiger partial charge in [-0.3, -0.25) is 9.59 Å². The van der Waals surface area contributed by atoms with Crippen LogP contribution in [0.25, 0.3) is 10.8 Å². The molecule has 7 heteroatoms. The fourth-order valence-corrected chi connectivity index (χ4v) is 2.75. The summed E-state index contributed by atoms with van der Waals surface area (Å²) < 4.78 is 5.86. The predicted molar refractivity (Wildman–Crippen MR) is 102 cm³/mol. The second-order valence-corrected chi connectivity index (χ2v) is 6.27. The van der Waals surface area contributed by atoms with Gasteiger partial charge >= 0.3 is 5.97 Å². The molecule has 2 atom stereocenters. The maximum absolute atomic E-state index is 12.8. The van der Waals surface area contributed by atoms with Crippen molar-refractivity contribution in [3.8, 4) is 5.75 Å². The molecule has 0 aromatic heterocycles. The number of aliphatic carboxylic acids is 1. The average Bonchev–Trinajstić information content (AvgIpc) is 2.64. The number of nitrogens with zero attached hydrogens (tertiary/aromatic N) is 1. The van der Waals surface area contributed by atoms with Crippen molar-refractivity contribution in [3.63, 3.8) is 0 Å². The molecule has 0 aliphatic carbocycles. The van der Waals surface area contributed by atoms with Crippen LogP contribution >= 0.6 is 0 Å². The zero-order valence-electron chi connectivity index (χ0n) is 15.6. The zero-order valence-corrected chi connectivity index (χ0v) is 15.6. The summed E-state index contributed by atoms with van der Waals surface area (Å²) in [7, 11) is 0. The fourth-order valence-electron chi connectivity index (χ4n) is 2.75. The highest BCUT2D eigenvalue weighted by molar-refractivity contribution is 5.90. The summed E-state index contributed by atoms with van der Waals surface area (Å²) in [4.78, 5) is 36.5. The van der Waals surface area contributed by atoms with Crippen LogP contribution in [-0.2, 0) is 14.4 Å². The Morgan fingerprint density at radius 1 is 1.11 bits per heavy atom. The number of benzene rings is 2. The minimum absolute atomic E-state index is 0.0785. The number of ether oxygens (including phenoxy) is 1. The number of carbonyl (C=O) groups excluding carboxylic acids is 2. The number of rotatable bonds is 8. The van der Waals surface area contributed by atoms with Crippen LogP contribution in [0.4, 0.5) is 0 Å². The lowest BCUT2D eigenvalue weighted by Gasteiger charge is -2.29. The summed E-state index contributed by atoms with van der Waals surface area (Å²) in [5, 5.41) is 13.7. The van der Waals surface area contributed by atoms with Gasteiger partial charge in [-0.2, -0.15) is 0 Å². The van der Waals surface area contributed by atoms with E-state index in [0.717, 1.165) is 10.8 Å². The fraction of sp³-hybridized carbons (Fsp3) is 0.350. The van der Waals surface area contributed by atoms with Crippen molar-refractivity contribution in [2.75, 3.05) is 13.1 Å². The molecule has 2 aromatic carbocycles. The molecule has 0 bridgehead atoms.